The Morgan fingerprint density at radius 1 is 1.48 bits per heavy atom. The van der Waals surface area contributed by atoms with Crippen molar-refractivity contribution in [2.45, 2.75) is 50.4 Å². The molecule has 3 atom stereocenters. The summed E-state index contributed by atoms with van der Waals surface area (Å²) in [5.41, 5.74) is 0.938. The molecule has 3 nitrogen and oxygen atoms in total. The molecule has 0 saturated carbocycles. The molecular weight excluding hydrogens is 284 g/mol. The summed E-state index contributed by atoms with van der Waals surface area (Å²) in [4.78, 5) is 0. The minimum absolute atomic E-state index is 0.0336. The fourth-order valence-electron chi connectivity index (χ4n) is 3.21. The van der Waals surface area contributed by atoms with Gasteiger partial charge in [0.1, 0.15) is 11.9 Å². The molecular formula is C17H24O3S. The SMILES string of the molecule is CC[C@H](O)c1ccccc1OC1CCOC2(CCSC2)C1. The molecule has 2 heterocycles. The van der Waals surface area contributed by atoms with Gasteiger partial charge in [0.25, 0.3) is 0 Å². The topological polar surface area (TPSA) is 38.7 Å². The summed E-state index contributed by atoms with van der Waals surface area (Å²) in [6, 6.07) is 7.87. The lowest BCUT2D eigenvalue weighted by molar-refractivity contribution is -0.0962. The second-order valence-electron chi connectivity index (χ2n) is 6.03. The van der Waals surface area contributed by atoms with Crippen molar-refractivity contribution in [1.29, 1.82) is 0 Å². The Morgan fingerprint density at radius 2 is 2.33 bits per heavy atom. The van der Waals surface area contributed by atoms with Crippen molar-refractivity contribution < 1.29 is 14.6 Å². The molecule has 0 aromatic heterocycles. The van der Waals surface area contributed by atoms with E-state index in [0.29, 0.717) is 6.42 Å². The van der Waals surface area contributed by atoms with Crippen molar-refractivity contribution in [2.24, 2.45) is 0 Å². The van der Waals surface area contributed by atoms with Gasteiger partial charge in [-0.15, -0.1) is 0 Å². The van der Waals surface area contributed by atoms with Crippen LogP contribution < -0.4 is 4.74 Å². The first kappa shape index (κ1) is 15.2. The van der Waals surface area contributed by atoms with E-state index in [1.54, 1.807) is 0 Å². The van der Waals surface area contributed by atoms with Crippen LogP contribution >= 0.6 is 11.8 Å². The molecule has 1 spiro atoms. The molecule has 2 aliphatic heterocycles. The van der Waals surface area contributed by atoms with Gasteiger partial charge in [0, 0.05) is 24.2 Å². The van der Waals surface area contributed by atoms with Crippen LogP contribution in [0.1, 0.15) is 44.3 Å². The lowest BCUT2D eigenvalue weighted by atomic mass is 9.91. The lowest BCUT2D eigenvalue weighted by Gasteiger charge is -2.38. The number of aliphatic hydroxyl groups is 1. The highest BCUT2D eigenvalue weighted by molar-refractivity contribution is 7.99. The Kier molecular flexibility index (Phi) is 4.77. The maximum absolute atomic E-state index is 10.1. The number of aliphatic hydroxyl groups excluding tert-OH is 1. The van der Waals surface area contributed by atoms with Crippen LogP contribution in [-0.4, -0.2) is 34.9 Å². The van der Waals surface area contributed by atoms with Gasteiger partial charge in [0.05, 0.1) is 18.3 Å². The molecule has 2 aliphatic rings. The summed E-state index contributed by atoms with van der Waals surface area (Å²) in [6.45, 7) is 2.77. The van der Waals surface area contributed by atoms with Crippen molar-refractivity contribution in [2.75, 3.05) is 18.1 Å². The number of benzene rings is 1. The van der Waals surface area contributed by atoms with Crippen LogP contribution in [0.4, 0.5) is 0 Å². The zero-order valence-corrected chi connectivity index (χ0v) is 13.4. The molecule has 2 unspecified atom stereocenters. The smallest absolute Gasteiger partial charge is 0.125 e. The molecule has 3 rings (SSSR count). The Morgan fingerprint density at radius 3 is 3.10 bits per heavy atom. The molecule has 116 valence electrons. The van der Waals surface area contributed by atoms with E-state index in [2.05, 4.69) is 0 Å². The first-order valence-corrected chi connectivity index (χ1v) is 9.03. The highest BCUT2D eigenvalue weighted by Crippen LogP contribution is 2.40. The monoisotopic (exact) mass is 308 g/mol. The van der Waals surface area contributed by atoms with Crippen LogP contribution in [0.25, 0.3) is 0 Å². The van der Waals surface area contributed by atoms with E-state index in [9.17, 15) is 5.11 Å². The van der Waals surface area contributed by atoms with Gasteiger partial charge in [-0.2, -0.15) is 11.8 Å². The minimum Gasteiger partial charge on any atom is -0.490 e. The number of thioether (sulfide) groups is 1. The third kappa shape index (κ3) is 3.38. The van der Waals surface area contributed by atoms with Crippen molar-refractivity contribution >= 4 is 11.8 Å². The van der Waals surface area contributed by atoms with E-state index in [1.165, 1.54) is 5.75 Å². The average molecular weight is 308 g/mol. The number of hydrogen-bond donors (Lipinski definition) is 1. The van der Waals surface area contributed by atoms with Crippen LogP contribution in [0.3, 0.4) is 0 Å². The molecule has 0 amide bonds. The fraction of sp³-hybridized carbons (Fsp3) is 0.647. The predicted octanol–water partition coefficient (Wildman–Crippen LogP) is 3.56. The molecule has 0 radical (unpaired) electrons. The first-order valence-electron chi connectivity index (χ1n) is 7.88. The standard InChI is InChI=1S/C17H24O3S/c1-2-15(18)14-5-3-4-6-16(14)20-13-7-9-19-17(11-13)8-10-21-12-17/h3-6,13,15,18H,2,7-12H2,1H3/t13?,15-,17?/m0/s1. The van der Waals surface area contributed by atoms with Gasteiger partial charge in [-0.3, -0.25) is 0 Å². The van der Waals surface area contributed by atoms with Crippen molar-refractivity contribution in [3.8, 4) is 5.75 Å². The van der Waals surface area contributed by atoms with E-state index in [-0.39, 0.29) is 11.7 Å². The molecule has 0 bridgehead atoms. The Balaban J connectivity index is 1.71. The van der Waals surface area contributed by atoms with E-state index >= 15 is 0 Å². The predicted molar refractivity (Wildman–Crippen MR) is 86.0 cm³/mol. The van der Waals surface area contributed by atoms with Gasteiger partial charge in [-0.05, 0) is 24.7 Å². The number of rotatable bonds is 4. The molecule has 1 aromatic carbocycles. The van der Waals surface area contributed by atoms with Crippen LogP contribution in [0.2, 0.25) is 0 Å². The number of ether oxygens (including phenoxy) is 2. The quantitative estimate of drug-likeness (QED) is 0.923. The number of hydrogen-bond acceptors (Lipinski definition) is 4. The summed E-state index contributed by atoms with van der Waals surface area (Å²) in [5.74, 6) is 3.11. The summed E-state index contributed by atoms with van der Waals surface area (Å²) < 4.78 is 12.3. The maximum atomic E-state index is 10.1. The van der Waals surface area contributed by atoms with Crippen LogP contribution in [0, 0.1) is 0 Å². The zero-order chi connectivity index (χ0) is 14.7. The third-order valence-corrected chi connectivity index (χ3v) is 5.70. The van der Waals surface area contributed by atoms with E-state index in [1.807, 2.05) is 43.0 Å². The van der Waals surface area contributed by atoms with Crippen molar-refractivity contribution in [1.82, 2.24) is 0 Å². The average Bonchev–Trinajstić information content (AvgIpc) is 2.95. The highest BCUT2D eigenvalue weighted by atomic mass is 32.2. The van der Waals surface area contributed by atoms with Crippen LogP contribution in [0.15, 0.2) is 24.3 Å². The molecule has 0 aliphatic carbocycles. The van der Waals surface area contributed by atoms with E-state index in [4.69, 9.17) is 9.47 Å². The fourth-order valence-corrected chi connectivity index (χ4v) is 4.59. The largest absolute Gasteiger partial charge is 0.490 e. The van der Waals surface area contributed by atoms with Gasteiger partial charge < -0.3 is 14.6 Å². The number of para-hydroxylation sites is 1. The van der Waals surface area contributed by atoms with Gasteiger partial charge >= 0.3 is 0 Å². The van der Waals surface area contributed by atoms with Gasteiger partial charge in [-0.25, -0.2) is 0 Å². The van der Waals surface area contributed by atoms with E-state index < -0.39 is 6.10 Å². The second kappa shape index (κ2) is 6.59. The van der Waals surface area contributed by atoms with Crippen LogP contribution in [0.5, 0.6) is 5.75 Å². The lowest BCUT2D eigenvalue weighted by Crippen LogP contribution is -2.43. The minimum atomic E-state index is -0.447. The van der Waals surface area contributed by atoms with Gasteiger partial charge in [0.15, 0.2) is 0 Å². The second-order valence-corrected chi connectivity index (χ2v) is 7.13. The van der Waals surface area contributed by atoms with Crippen molar-refractivity contribution in [3.05, 3.63) is 29.8 Å². The van der Waals surface area contributed by atoms with Crippen molar-refractivity contribution in [3.63, 3.8) is 0 Å². The summed E-state index contributed by atoms with van der Waals surface area (Å²) in [5, 5.41) is 10.1. The molecule has 2 fully saturated rings. The third-order valence-electron chi connectivity index (χ3n) is 4.47. The van der Waals surface area contributed by atoms with Gasteiger partial charge in [0.2, 0.25) is 0 Å². The molecule has 21 heavy (non-hydrogen) atoms. The summed E-state index contributed by atoms with van der Waals surface area (Å²) in [7, 11) is 0. The van der Waals surface area contributed by atoms with E-state index in [0.717, 1.165) is 42.9 Å². The molecule has 1 N–H and O–H groups in total. The first-order chi connectivity index (χ1) is 10.2. The van der Waals surface area contributed by atoms with Crippen LogP contribution in [-0.2, 0) is 4.74 Å². The summed E-state index contributed by atoms with van der Waals surface area (Å²) in [6.07, 6.45) is 3.49. The molecule has 4 heteroatoms. The van der Waals surface area contributed by atoms with Gasteiger partial charge in [-0.1, -0.05) is 25.1 Å². The normalized spacial score (nSPS) is 30.5. The Labute approximate surface area is 131 Å². The zero-order valence-electron chi connectivity index (χ0n) is 12.6. The highest BCUT2D eigenvalue weighted by Gasteiger charge is 2.41. The molecule has 2 saturated heterocycles. The summed E-state index contributed by atoms with van der Waals surface area (Å²) >= 11 is 1.98. The molecule has 1 aromatic rings. The maximum Gasteiger partial charge on any atom is 0.125 e. The Hall–Kier alpha value is -0.710. The Bertz CT molecular complexity index is 471.